The third-order valence-electron chi connectivity index (χ3n) is 7.24. The Bertz CT molecular complexity index is 1160. The minimum absolute atomic E-state index is 0.134. The quantitative estimate of drug-likeness (QED) is 0.389. The highest BCUT2D eigenvalue weighted by molar-refractivity contribution is 7.13. The fraction of sp³-hybridized carbons (Fsp3) is 0.538. The predicted molar refractivity (Wildman–Crippen MR) is 137 cm³/mol. The Morgan fingerprint density at radius 1 is 1.00 bits per heavy atom. The molecule has 2 atom stereocenters. The third-order valence-corrected chi connectivity index (χ3v) is 8.22. The van der Waals surface area contributed by atoms with Crippen molar-refractivity contribution in [3.05, 3.63) is 46.2 Å². The number of rotatable bonds is 7. The molecule has 0 radical (unpaired) electrons. The van der Waals surface area contributed by atoms with Gasteiger partial charge in [-0.15, -0.1) is 0 Å². The Hall–Kier alpha value is -3.13. The maximum atomic E-state index is 14.0. The number of aliphatic hydroxyl groups excluding tert-OH is 2. The second kappa shape index (κ2) is 12.8. The smallest absolute Gasteiger partial charge is 0.335 e. The van der Waals surface area contributed by atoms with Gasteiger partial charge in [-0.1, -0.05) is 29.9 Å². The summed E-state index contributed by atoms with van der Waals surface area (Å²) in [7, 11) is 0. The average Bonchev–Trinajstić information content (AvgIpc) is 3.29. The molecule has 212 valence electrons. The van der Waals surface area contributed by atoms with E-state index in [1.165, 1.54) is 36.7 Å². The van der Waals surface area contributed by atoms with E-state index in [4.69, 9.17) is 25.2 Å². The minimum atomic E-state index is -2.27. The van der Waals surface area contributed by atoms with Crippen LogP contribution in [0.2, 0.25) is 0 Å². The number of aliphatic carboxylic acids is 2. The highest BCUT2D eigenvalue weighted by Crippen LogP contribution is 2.33. The molecule has 0 bridgehead atoms. The summed E-state index contributed by atoms with van der Waals surface area (Å²) in [6.07, 6.45) is 2.58. The van der Waals surface area contributed by atoms with Crippen molar-refractivity contribution in [2.75, 3.05) is 19.6 Å². The number of thiazole rings is 1. The van der Waals surface area contributed by atoms with Gasteiger partial charge in [0.1, 0.15) is 11.9 Å². The van der Waals surface area contributed by atoms with Gasteiger partial charge in [-0.25, -0.2) is 19.0 Å². The van der Waals surface area contributed by atoms with Gasteiger partial charge in [0.2, 0.25) is 0 Å². The van der Waals surface area contributed by atoms with Crippen molar-refractivity contribution in [3.8, 4) is 5.19 Å². The number of carboxylic acid groups (broad SMARTS) is 2. The number of amides is 1. The van der Waals surface area contributed by atoms with Crippen molar-refractivity contribution in [1.29, 1.82) is 0 Å². The lowest BCUT2D eigenvalue weighted by molar-refractivity contribution is -0.165. The molecule has 4 N–H and O–H groups in total. The molecule has 2 unspecified atom stereocenters. The Kier molecular flexibility index (Phi) is 9.49. The number of halogens is 1. The molecule has 1 aromatic heterocycles. The summed E-state index contributed by atoms with van der Waals surface area (Å²) in [4.78, 5) is 42.3. The summed E-state index contributed by atoms with van der Waals surface area (Å²) in [6.45, 7) is 3.27. The van der Waals surface area contributed by atoms with Gasteiger partial charge < -0.3 is 35.0 Å². The van der Waals surface area contributed by atoms with E-state index in [0.29, 0.717) is 19.5 Å². The highest BCUT2D eigenvalue weighted by Gasteiger charge is 2.31. The first-order valence-corrected chi connectivity index (χ1v) is 13.7. The highest BCUT2D eigenvalue weighted by atomic mass is 32.1. The number of carboxylic acids is 2. The number of likely N-dealkylation sites (tertiary alicyclic amines) is 1. The first-order chi connectivity index (χ1) is 18.6. The number of aromatic nitrogens is 1. The molecular formula is C26H32FN3O8S. The molecule has 5 rings (SSSR count). The van der Waals surface area contributed by atoms with Crippen molar-refractivity contribution in [2.24, 2.45) is 0 Å². The van der Waals surface area contributed by atoms with Crippen LogP contribution in [0.5, 0.6) is 5.19 Å². The van der Waals surface area contributed by atoms with E-state index in [9.17, 15) is 18.8 Å². The van der Waals surface area contributed by atoms with E-state index in [-0.39, 0.29) is 17.6 Å². The molecule has 1 saturated heterocycles. The van der Waals surface area contributed by atoms with E-state index in [1.54, 1.807) is 23.1 Å². The lowest BCUT2D eigenvalue weighted by Crippen LogP contribution is -2.46. The Balaban J connectivity index is 0.000000303. The number of ether oxygens (including phenoxy) is 1. The van der Waals surface area contributed by atoms with Gasteiger partial charge in [0.15, 0.2) is 12.2 Å². The van der Waals surface area contributed by atoms with Crippen LogP contribution in [0.3, 0.4) is 0 Å². The van der Waals surface area contributed by atoms with Gasteiger partial charge in [0.25, 0.3) is 11.1 Å². The monoisotopic (exact) mass is 565 g/mol. The number of carbonyl (C=O) groups excluding carboxylic acids is 1. The Labute approximate surface area is 228 Å². The van der Waals surface area contributed by atoms with Crippen LogP contribution >= 0.6 is 11.3 Å². The summed E-state index contributed by atoms with van der Waals surface area (Å²) in [5, 5.41) is 33.2. The molecule has 2 fully saturated rings. The van der Waals surface area contributed by atoms with Crippen LogP contribution < -0.4 is 4.74 Å². The maximum absolute atomic E-state index is 14.0. The zero-order valence-corrected chi connectivity index (χ0v) is 22.1. The van der Waals surface area contributed by atoms with Crippen molar-refractivity contribution in [3.63, 3.8) is 0 Å². The van der Waals surface area contributed by atoms with Crippen molar-refractivity contribution in [1.82, 2.24) is 14.8 Å². The van der Waals surface area contributed by atoms with Gasteiger partial charge in [-0.2, -0.15) is 0 Å². The fourth-order valence-electron chi connectivity index (χ4n) is 4.72. The topological polar surface area (TPSA) is 161 Å². The molecule has 2 aliphatic heterocycles. The Morgan fingerprint density at radius 3 is 2.21 bits per heavy atom. The number of carbonyl (C=O) groups is 3. The van der Waals surface area contributed by atoms with Crippen LogP contribution in [-0.2, 0) is 22.6 Å². The lowest BCUT2D eigenvalue weighted by atomic mass is 9.90. The summed E-state index contributed by atoms with van der Waals surface area (Å²) in [6, 6.07) is 6.98. The minimum Gasteiger partial charge on any atom is -0.479 e. The molecule has 1 amide bonds. The van der Waals surface area contributed by atoms with E-state index >= 15 is 0 Å². The molecule has 39 heavy (non-hydrogen) atoms. The number of fused-ring (bicyclic) bond motifs is 1. The van der Waals surface area contributed by atoms with Crippen LogP contribution in [0.1, 0.15) is 53.0 Å². The van der Waals surface area contributed by atoms with Gasteiger partial charge in [-0.05, 0) is 37.8 Å². The van der Waals surface area contributed by atoms with Gasteiger partial charge in [0.05, 0.1) is 22.7 Å². The van der Waals surface area contributed by atoms with Crippen LogP contribution in [0.4, 0.5) is 4.39 Å². The first-order valence-electron chi connectivity index (χ1n) is 12.9. The second-order valence-electron chi connectivity index (χ2n) is 9.81. The summed E-state index contributed by atoms with van der Waals surface area (Å²) in [5.41, 5.74) is 1.16. The van der Waals surface area contributed by atoms with Crippen LogP contribution in [0.25, 0.3) is 0 Å². The average molecular weight is 566 g/mol. The molecule has 0 spiro atoms. The van der Waals surface area contributed by atoms with Gasteiger partial charge >= 0.3 is 11.9 Å². The Morgan fingerprint density at radius 2 is 1.64 bits per heavy atom. The molecule has 3 heterocycles. The molecule has 1 saturated carbocycles. The standard InChI is InChI=1S/C22H26FN3O2S.C4H6O6/c23-18-7-2-1-6-17(18)21(27)26-13-10-19-20(14-26)29-22(24-19)28-16-8-11-25(12-9-16)15-4-3-5-15;5-1(3(7)8)2(6)4(9)10/h1-2,6-7,15-16H,3-5,8-14H2;1-2,5-6H,(H,7,8)(H,9,10). The van der Waals surface area contributed by atoms with Gasteiger partial charge in [-0.3, -0.25) is 4.79 Å². The molecule has 13 heteroatoms. The normalized spacial score (nSPS) is 19.6. The van der Waals surface area contributed by atoms with Crippen molar-refractivity contribution < 1.29 is 43.9 Å². The number of hydrogen-bond acceptors (Lipinski definition) is 9. The number of aliphatic hydroxyl groups is 2. The lowest BCUT2D eigenvalue weighted by Gasteiger charge is -2.41. The molecule has 1 aromatic carbocycles. The van der Waals surface area contributed by atoms with E-state index in [0.717, 1.165) is 47.7 Å². The van der Waals surface area contributed by atoms with E-state index in [2.05, 4.69) is 9.88 Å². The molecule has 11 nitrogen and oxygen atoms in total. The van der Waals surface area contributed by atoms with Crippen LogP contribution in [-0.4, -0.2) is 97.0 Å². The molecular weight excluding hydrogens is 533 g/mol. The zero-order valence-electron chi connectivity index (χ0n) is 21.2. The second-order valence-corrected chi connectivity index (χ2v) is 10.9. The predicted octanol–water partition coefficient (Wildman–Crippen LogP) is 1.75. The third kappa shape index (κ3) is 7.10. The first kappa shape index (κ1) is 28.9. The summed E-state index contributed by atoms with van der Waals surface area (Å²) < 4.78 is 20.2. The summed E-state index contributed by atoms with van der Waals surface area (Å²) in [5.74, 6) is -4.26. The van der Waals surface area contributed by atoms with Gasteiger partial charge in [0, 0.05) is 32.1 Å². The molecule has 2 aromatic rings. The maximum Gasteiger partial charge on any atom is 0.335 e. The molecule has 1 aliphatic carbocycles. The SMILES string of the molecule is O=C(O)C(O)C(O)C(=O)O.O=C(c1ccccc1F)N1CCc2nc(OC3CCN(C4CCC4)CC3)sc2C1. The summed E-state index contributed by atoms with van der Waals surface area (Å²) >= 11 is 1.54. The van der Waals surface area contributed by atoms with E-state index in [1.807, 2.05) is 0 Å². The van der Waals surface area contributed by atoms with Crippen molar-refractivity contribution >= 4 is 29.2 Å². The number of hydrogen-bond donors (Lipinski definition) is 4. The number of benzene rings is 1. The number of nitrogens with zero attached hydrogens (tertiary/aromatic N) is 3. The molecule has 3 aliphatic rings. The zero-order chi connectivity index (χ0) is 28.1. The van der Waals surface area contributed by atoms with Crippen LogP contribution in [0.15, 0.2) is 24.3 Å². The van der Waals surface area contributed by atoms with Crippen LogP contribution in [0, 0.1) is 5.82 Å². The largest absolute Gasteiger partial charge is 0.479 e. The number of piperidine rings is 1. The van der Waals surface area contributed by atoms with Crippen molar-refractivity contribution in [2.45, 2.75) is 69.4 Å². The van der Waals surface area contributed by atoms with E-state index < -0.39 is 30.0 Å². The fourth-order valence-corrected chi connectivity index (χ4v) is 5.76.